The number of carbonyl (C=O) groups is 2. The Morgan fingerprint density at radius 2 is 1.89 bits per heavy atom. The van der Waals surface area contributed by atoms with Gasteiger partial charge in [-0.25, -0.2) is 9.48 Å². The van der Waals surface area contributed by atoms with Crippen molar-refractivity contribution in [3.8, 4) is 17.2 Å². The monoisotopic (exact) mass is 542 g/mol. The zero-order chi connectivity index (χ0) is 27.2. The highest BCUT2D eigenvalue weighted by molar-refractivity contribution is 6.30. The third-order valence-electron chi connectivity index (χ3n) is 6.25. The van der Waals surface area contributed by atoms with Gasteiger partial charge in [0, 0.05) is 31.3 Å². The van der Waals surface area contributed by atoms with Crippen LogP contribution in [0.1, 0.15) is 28.5 Å². The summed E-state index contributed by atoms with van der Waals surface area (Å²) in [5.74, 6) is 0.801. The number of hydrogen-bond donors (Lipinski definition) is 1. The lowest BCUT2D eigenvalue weighted by atomic mass is 10.1. The molecule has 0 saturated carbocycles. The molecule has 0 aliphatic carbocycles. The largest absolute Gasteiger partial charge is 0.493 e. The molecule has 1 aliphatic heterocycles. The fourth-order valence-electron chi connectivity index (χ4n) is 4.27. The van der Waals surface area contributed by atoms with Crippen LogP contribution in [0.2, 0.25) is 5.15 Å². The Bertz CT molecular complexity index is 1300. The summed E-state index contributed by atoms with van der Waals surface area (Å²) in [7, 11) is 4.75. The standard InChI is InChI=1S/C27H31ClN4O6/c1-5-37-27(34)24-18(25(28)32(30-24)15-17-9-7-6-8-10-17)11-12-29-19-16-38-21-14-23(36-4)22(35-3)13-20(21)31(2)26(19)33/h6-10,13-14,19,29H,5,11-12,15-16H2,1-4H3. The number of esters is 1. The molecule has 0 fully saturated rings. The number of hydrogen-bond acceptors (Lipinski definition) is 8. The van der Waals surface area contributed by atoms with Gasteiger partial charge in [0.25, 0.3) is 0 Å². The molecular weight excluding hydrogens is 512 g/mol. The molecule has 38 heavy (non-hydrogen) atoms. The zero-order valence-electron chi connectivity index (χ0n) is 21.8. The maximum Gasteiger partial charge on any atom is 0.359 e. The smallest absolute Gasteiger partial charge is 0.359 e. The van der Waals surface area contributed by atoms with E-state index in [1.807, 2.05) is 30.3 Å². The van der Waals surface area contributed by atoms with Gasteiger partial charge in [-0.05, 0) is 18.9 Å². The van der Waals surface area contributed by atoms with Gasteiger partial charge in [0.1, 0.15) is 23.6 Å². The SMILES string of the molecule is CCOC(=O)c1nn(Cc2ccccc2)c(Cl)c1CCNC1COc2cc(OC)c(OC)cc2N(C)C1=O. The Morgan fingerprint density at radius 3 is 2.58 bits per heavy atom. The van der Waals surface area contributed by atoms with Crippen molar-refractivity contribution in [3.63, 3.8) is 0 Å². The van der Waals surface area contributed by atoms with E-state index >= 15 is 0 Å². The van der Waals surface area contributed by atoms with E-state index in [4.69, 9.17) is 30.5 Å². The van der Waals surface area contributed by atoms with Gasteiger partial charge in [0.05, 0.1) is 33.1 Å². The molecule has 202 valence electrons. The molecule has 0 spiro atoms. The first-order valence-electron chi connectivity index (χ1n) is 12.2. The molecule has 10 nitrogen and oxygen atoms in total. The summed E-state index contributed by atoms with van der Waals surface area (Å²) in [4.78, 5) is 27.4. The van der Waals surface area contributed by atoms with Crippen LogP contribution in [-0.4, -0.2) is 68.7 Å². The van der Waals surface area contributed by atoms with Gasteiger partial charge >= 0.3 is 5.97 Å². The van der Waals surface area contributed by atoms with Gasteiger partial charge in [0.15, 0.2) is 17.2 Å². The number of nitrogens with zero attached hydrogens (tertiary/aromatic N) is 3. The minimum absolute atomic E-state index is 0.109. The van der Waals surface area contributed by atoms with Crippen molar-refractivity contribution in [1.29, 1.82) is 0 Å². The van der Waals surface area contributed by atoms with Crippen molar-refractivity contribution in [2.24, 2.45) is 0 Å². The summed E-state index contributed by atoms with van der Waals surface area (Å²) in [6.45, 7) is 2.82. The summed E-state index contributed by atoms with van der Waals surface area (Å²) in [6, 6.07) is 12.5. The Labute approximate surface area is 226 Å². The maximum atomic E-state index is 13.2. The lowest BCUT2D eigenvalue weighted by molar-refractivity contribution is -0.120. The summed E-state index contributed by atoms with van der Waals surface area (Å²) >= 11 is 6.68. The van der Waals surface area contributed by atoms with Gasteiger partial charge < -0.3 is 29.2 Å². The topological polar surface area (TPSA) is 104 Å². The Balaban J connectivity index is 1.49. The molecule has 1 atom stereocenters. The first-order chi connectivity index (χ1) is 18.4. The molecule has 4 rings (SSSR count). The molecule has 0 saturated heterocycles. The lowest BCUT2D eigenvalue weighted by Gasteiger charge is -2.21. The summed E-state index contributed by atoms with van der Waals surface area (Å²) < 4.78 is 23.5. The highest BCUT2D eigenvalue weighted by Crippen LogP contribution is 2.40. The van der Waals surface area contributed by atoms with Crippen molar-refractivity contribution >= 4 is 29.2 Å². The quantitative estimate of drug-likeness (QED) is 0.389. The Hall–Kier alpha value is -3.76. The number of methoxy groups -OCH3 is 2. The van der Waals surface area contributed by atoms with Crippen molar-refractivity contribution in [3.05, 3.63) is 64.4 Å². The summed E-state index contributed by atoms with van der Waals surface area (Å²) in [6.07, 6.45) is 0.351. The van der Waals surface area contributed by atoms with E-state index in [-0.39, 0.29) is 24.8 Å². The van der Waals surface area contributed by atoms with E-state index in [2.05, 4.69) is 10.4 Å². The van der Waals surface area contributed by atoms with Crippen LogP contribution in [-0.2, 0) is 22.5 Å². The number of nitrogens with one attached hydrogen (secondary N) is 1. The van der Waals surface area contributed by atoms with Crippen LogP contribution in [0.3, 0.4) is 0 Å². The van der Waals surface area contributed by atoms with Crippen LogP contribution in [0.4, 0.5) is 5.69 Å². The molecule has 2 heterocycles. The Morgan fingerprint density at radius 1 is 1.18 bits per heavy atom. The fraction of sp³-hybridized carbons (Fsp3) is 0.370. The second-order valence-electron chi connectivity index (χ2n) is 8.62. The van der Waals surface area contributed by atoms with Crippen LogP contribution in [0.25, 0.3) is 0 Å². The number of carbonyl (C=O) groups excluding carboxylic acids is 2. The molecule has 3 aromatic rings. The minimum Gasteiger partial charge on any atom is -0.493 e. The number of aromatic nitrogens is 2. The van der Waals surface area contributed by atoms with E-state index in [9.17, 15) is 9.59 Å². The number of amides is 1. The number of fused-ring (bicyclic) bond motifs is 1. The molecular formula is C27H31ClN4O6. The average molecular weight is 543 g/mol. The summed E-state index contributed by atoms with van der Waals surface area (Å²) in [5, 5.41) is 8.04. The maximum absolute atomic E-state index is 13.2. The van der Waals surface area contributed by atoms with Crippen molar-refractivity contribution in [1.82, 2.24) is 15.1 Å². The van der Waals surface area contributed by atoms with Crippen LogP contribution >= 0.6 is 11.6 Å². The number of ether oxygens (including phenoxy) is 4. The third-order valence-corrected chi connectivity index (χ3v) is 6.68. The molecule has 1 aliphatic rings. The highest BCUT2D eigenvalue weighted by atomic mass is 35.5. The second kappa shape index (κ2) is 12.2. The number of halogens is 1. The third kappa shape index (κ3) is 5.71. The molecule has 1 unspecified atom stereocenters. The van der Waals surface area contributed by atoms with Gasteiger partial charge in [-0.15, -0.1) is 0 Å². The molecule has 2 aromatic carbocycles. The van der Waals surface area contributed by atoms with Crippen LogP contribution in [0.5, 0.6) is 17.2 Å². The Kier molecular flexibility index (Phi) is 8.75. The zero-order valence-corrected chi connectivity index (χ0v) is 22.6. The van der Waals surface area contributed by atoms with Crippen LogP contribution < -0.4 is 24.4 Å². The van der Waals surface area contributed by atoms with Crippen molar-refractivity contribution in [2.45, 2.75) is 25.9 Å². The predicted octanol–water partition coefficient (Wildman–Crippen LogP) is 3.33. The molecule has 1 aromatic heterocycles. The molecule has 1 amide bonds. The van der Waals surface area contributed by atoms with Crippen LogP contribution in [0, 0.1) is 0 Å². The van der Waals surface area contributed by atoms with Gasteiger partial charge in [0.2, 0.25) is 5.91 Å². The van der Waals surface area contributed by atoms with E-state index in [1.54, 1.807) is 30.8 Å². The minimum atomic E-state index is -0.631. The van der Waals surface area contributed by atoms with E-state index in [1.165, 1.54) is 19.1 Å². The highest BCUT2D eigenvalue weighted by Gasteiger charge is 2.31. The van der Waals surface area contributed by atoms with E-state index in [0.717, 1.165) is 5.56 Å². The number of likely N-dealkylation sites (N-methyl/N-ethyl adjacent to an activating group) is 1. The number of benzene rings is 2. The van der Waals surface area contributed by atoms with Crippen LogP contribution in [0.15, 0.2) is 42.5 Å². The van der Waals surface area contributed by atoms with Crippen molar-refractivity contribution < 1.29 is 28.5 Å². The van der Waals surface area contributed by atoms with E-state index in [0.29, 0.717) is 53.2 Å². The van der Waals surface area contributed by atoms with E-state index < -0.39 is 12.0 Å². The average Bonchev–Trinajstić information content (AvgIpc) is 3.18. The normalized spacial score (nSPS) is 14.9. The van der Waals surface area contributed by atoms with Gasteiger partial charge in [-0.1, -0.05) is 41.9 Å². The molecule has 0 bridgehead atoms. The van der Waals surface area contributed by atoms with Gasteiger partial charge in [-0.2, -0.15) is 5.10 Å². The number of anilines is 1. The molecule has 0 radical (unpaired) electrons. The fourth-order valence-corrected chi connectivity index (χ4v) is 4.55. The lowest BCUT2D eigenvalue weighted by Crippen LogP contribution is -2.47. The number of rotatable bonds is 10. The molecule has 11 heteroatoms. The predicted molar refractivity (Wildman–Crippen MR) is 143 cm³/mol. The first-order valence-corrected chi connectivity index (χ1v) is 12.6. The second-order valence-corrected chi connectivity index (χ2v) is 8.98. The first kappa shape index (κ1) is 27.3. The summed E-state index contributed by atoms with van der Waals surface area (Å²) in [5.41, 5.74) is 2.30. The van der Waals surface area contributed by atoms with Crippen molar-refractivity contribution in [2.75, 3.05) is 45.9 Å². The van der Waals surface area contributed by atoms with Gasteiger partial charge in [-0.3, -0.25) is 4.79 Å². The molecule has 1 N–H and O–H groups in total.